The van der Waals surface area contributed by atoms with Crippen LogP contribution in [0.15, 0.2) is 36.5 Å². The van der Waals surface area contributed by atoms with Crippen LogP contribution in [0.25, 0.3) is 0 Å². The van der Waals surface area contributed by atoms with Crippen LogP contribution >= 0.6 is 0 Å². The van der Waals surface area contributed by atoms with E-state index in [9.17, 15) is 13.6 Å². The predicted octanol–water partition coefficient (Wildman–Crippen LogP) is 3.22. The highest BCUT2D eigenvalue weighted by molar-refractivity contribution is 5.93. The number of anilines is 3. The summed E-state index contributed by atoms with van der Waals surface area (Å²) in [4.78, 5) is 16.0. The van der Waals surface area contributed by atoms with Gasteiger partial charge in [0, 0.05) is 12.7 Å². The molecule has 5 nitrogen and oxygen atoms in total. The van der Waals surface area contributed by atoms with Gasteiger partial charge in [-0.2, -0.15) is 0 Å². The third kappa shape index (κ3) is 3.81. The van der Waals surface area contributed by atoms with Gasteiger partial charge < -0.3 is 15.4 Å². The van der Waals surface area contributed by atoms with Gasteiger partial charge in [-0.05, 0) is 37.1 Å². The number of hydrogen-bond acceptors (Lipinski definition) is 4. The molecule has 0 aliphatic carbocycles. The van der Waals surface area contributed by atoms with Gasteiger partial charge in [0.05, 0.1) is 17.6 Å². The van der Waals surface area contributed by atoms with Crippen LogP contribution in [0.4, 0.5) is 26.0 Å². The van der Waals surface area contributed by atoms with Gasteiger partial charge in [-0.1, -0.05) is 0 Å². The molecule has 0 radical (unpaired) electrons. The SMILES string of the molecule is O=C(Nc1ccc(Nc2ccc(F)cc2F)cn1)C1CCCO1. The molecule has 1 atom stereocenters. The van der Waals surface area contributed by atoms with Crippen molar-refractivity contribution in [2.45, 2.75) is 18.9 Å². The van der Waals surface area contributed by atoms with Crippen LogP contribution in [0.1, 0.15) is 12.8 Å². The van der Waals surface area contributed by atoms with Gasteiger partial charge >= 0.3 is 0 Å². The van der Waals surface area contributed by atoms with E-state index in [-0.39, 0.29) is 11.6 Å². The molecule has 1 aromatic heterocycles. The van der Waals surface area contributed by atoms with E-state index >= 15 is 0 Å². The second-order valence-electron chi connectivity index (χ2n) is 5.17. The Morgan fingerprint density at radius 2 is 2.13 bits per heavy atom. The standard InChI is InChI=1S/C16H15F2N3O2/c17-10-3-5-13(12(18)8-10)20-11-4-6-15(19-9-11)21-16(22)14-2-1-7-23-14/h3-6,8-9,14,20H,1-2,7H2,(H,19,21,22). The summed E-state index contributed by atoms with van der Waals surface area (Å²) in [7, 11) is 0. The Kier molecular flexibility index (Phi) is 4.47. The van der Waals surface area contributed by atoms with Crippen LogP contribution in [0, 0.1) is 11.6 Å². The Morgan fingerprint density at radius 3 is 2.78 bits per heavy atom. The van der Waals surface area contributed by atoms with Gasteiger partial charge in [0.2, 0.25) is 0 Å². The number of nitrogens with one attached hydrogen (secondary N) is 2. The van der Waals surface area contributed by atoms with Crippen molar-refractivity contribution in [1.82, 2.24) is 4.98 Å². The highest BCUT2D eigenvalue weighted by atomic mass is 19.1. The van der Waals surface area contributed by atoms with E-state index in [0.29, 0.717) is 24.5 Å². The van der Waals surface area contributed by atoms with E-state index in [1.54, 1.807) is 12.1 Å². The van der Waals surface area contributed by atoms with Crippen LogP contribution in [0.2, 0.25) is 0 Å². The molecule has 1 aliphatic rings. The molecule has 7 heteroatoms. The second kappa shape index (κ2) is 6.70. The highest BCUT2D eigenvalue weighted by Crippen LogP contribution is 2.21. The number of carbonyl (C=O) groups is 1. The first-order valence-electron chi connectivity index (χ1n) is 7.22. The summed E-state index contributed by atoms with van der Waals surface area (Å²) in [6.45, 7) is 0.595. The Bertz CT molecular complexity index is 701. The number of benzene rings is 1. The van der Waals surface area contributed by atoms with Crippen molar-refractivity contribution in [2.24, 2.45) is 0 Å². The van der Waals surface area contributed by atoms with Gasteiger partial charge in [-0.25, -0.2) is 13.8 Å². The van der Waals surface area contributed by atoms with Gasteiger partial charge in [0.15, 0.2) is 0 Å². The lowest BCUT2D eigenvalue weighted by atomic mass is 10.2. The Morgan fingerprint density at radius 1 is 1.26 bits per heavy atom. The minimum Gasteiger partial charge on any atom is -0.368 e. The second-order valence-corrected chi connectivity index (χ2v) is 5.17. The van der Waals surface area contributed by atoms with E-state index in [4.69, 9.17) is 4.74 Å². The van der Waals surface area contributed by atoms with E-state index < -0.39 is 17.7 Å². The first kappa shape index (κ1) is 15.4. The summed E-state index contributed by atoms with van der Waals surface area (Å²) in [5, 5.41) is 5.46. The molecule has 23 heavy (non-hydrogen) atoms. The number of amides is 1. The molecule has 2 heterocycles. The molecule has 2 aromatic rings. The fourth-order valence-corrected chi connectivity index (χ4v) is 2.28. The van der Waals surface area contributed by atoms with Gasteiger partial charge in [-0.15, -0.1) is 0 Å². The molecular formula is C16H15F2N3O2. The number of halogens is 2. The summed E-state index contributed by atoms with van der Waals surface area (Å²) < 4.78 is 31.7. The van der Waals surface area contributed by atoms with Crippen molar-refractivity contribution in [3.8, 4) is 0 Å². The summed E-state index contributed by atoms with van der Waals surface area (Å²) in [6.07, 6.45) is 2.60. The summed E-state index contributed by atoms with van der Waals surface area (Å²) in [6, 6.07) is 6.50. The van der Waals surface area contributed by atoms with Crippen LogP contribution in [-0.4, -0.2) is 23.6 Å². The minimum absolute atomic E-state index is 0.143. The fourth-order valence-electron chi connectivity index (χ4n) is 2.28. The molecule has 1 aromatic carbocycles. The van der Waals surface area contributed by atoms with Crippen molar-refractivity contribution < 1.29 is 18.3 Å². The van der Waals surface area contributed by atoms with Crippen molar-refractivity contribution in [2.75, 3.05) is 17.2 Å². The molecule has 3 rings (SSSR count). The third-order valence-electron chi connectivity index (χ3n) is 3.45. The molecule has 0 spiro atoms. The Labute approximate surface area is 131 Å². The summed E-state index contributed by atoms with van der Waals surface area (Å²) in [5.74, 6) is -1.17. The average Bonchev–Trinajstić information content (AvgIpc) is 3.06. The predicted molar refractivity (Wildman–Crippen MR) is 81.5 cm³/mol. The molecule has 1 saturated heterocycles. The first-order chi connectivity index (χ1) is 11.1. The number of pyridine rings is 1. The number of rotatable bonds is 4. The zero-order chi connectivity index (χ0) is 16.2. The van der Waals surface area contributed by atoms with Crippen molar-refractivity contribution in [3.63, 3.8) is 0 Å². The Balaban J connectivity index is 1.63. The van der Waals surface area contributed by atoms with Crippen LogP contribution < -0.4 is 10.6 Å². The van der Waals surface area contributed by atoms with E-state index in [1.165, 1.54) is 12.3 Å². The van der Waals surface area contributed by atoms with Gasteiger partial charge in [0.1, 0.15) is 23.6 Å². The lowest BCUT2D eigenvalue weighted by Gasteiger charge is -2.11. The fraction of sp³-hybridized carbons (Fsp3) is 0.250. The van der Waals surface area contributed by atoms with Crippen LogP contribution in [-0.2, 0) is 9.53 Å². The van der Waals surface area contributed by atoms with E-state index in [2.05, 4.69) is 15.6 Å². The average molecular weight is 319 g/mol. The summed E-state index contributed by atoms with van der Waals surface area (Å²) in [5.41, 5.74) is 0.662. The molecule has 1 unspecified atom stereocenters. The first-order valence-corrected chi connectivity index (χ1v) is 7.22. The number of nitrogens with zero attached hydrogens (tertiary/aromatic N) is 1. The zero-order valence-electron chi connectivity index (χ0n) is 12.2. The minimum atomic E-state index is -0.694. The molecule has 120 valence electrons. The van der Waals surface area contributed by atoms with Crippen molar-refractivity contribution in [3.05, 3.63) is 48.2 Å². The lowest BCUT2D eigenvalue weighted by Crippen LogP contribution is -2.27. The van der Waals surface area contributed by atoms with Crippen molar-refractivity contribution >= 4 is 23.1 Å². The number of ether oxygens (including phenoxy) is 1. The number of carbonyl (C=O) groups excluding carboxylic acids is 1. The van der Waals surface area contributed by atoms with Gasteiger partial charge in [0.25, 0.3) is 5.91 Å². The maximum absolute atomic E-state index is 13.6. The molecule has 0 saturated carbocycles. The molecular weight excluding hydrogens is 304 g/mol. The largest absolute Gasteiger partial charge is 0.368 e. The van der Waals surface area contributed by atoms with Crippen molar-refractivity contribution in [1.29, 1.82) is 0 Å². The quantitative estimate of drug-likeness (QED) is 0.908. The van der Waals surface area contributed by atoms with Crippen LogP contribution in [0.3, 0.4) is 0 Å². The third-order valence-corrected chi connectivity index (χ3v) is 3.45. The Hall–Kier alpha value is -2.54. The zero-order valence-corrected chi connectivity index (χ0v) is 12.2. The maximum atomic E-state index is 13.6. The maximum Gasteiger partial charge on any atom is 0.254 e. The van der Waals surface area contributed by atoms with E-state index in [0.717, 1.165) is 18.6 Å². The molecule has 0 bridgehead atoms. The molecule has 1 aliphatic heterocycles. The molecule has 2 N–H and O–H groups in total. The lowest BCUT2D eigenvalue weighted by molar-refractivity contribution is -0.124. The summed E-state index contributed by atoms with van der Waals surface area (Å²) >= 11 is 0. The normalized spacial score (nSPS) is 17.0. The smallest absolute Gasteiger partial charge is 0.254 e. The van der Waals surface area contributed by atoms with Gasteiger partial charge in [-0.3, -0.25) is 4.79 Å². The molecule has 1 fully saturated rings. The topological polar surface area (TPSA) is 63.2 Å². The highest BCUT2D eigenvalue weighted by Gasteiger charge is 2.23. The number of hydrogen-bond donors (Lipinski definition) is 2. The number of aromatic nitrogens is 1. The van der Waals surface area contributed by atoms with Crippen LogP contribution in [0.5, 0.6) is 0 Å². The molecule has 1 amide bonds. The van der Waals surface area contributed by atoms with E-state index in [1.807, 2.05) is 0 Å². The monoisotopic (exact) mass is 319 g/mol.